The maximum atomic E-state index is 11.7. The van der Waals surface area contributed by atoms with Crippen LogP contribution in [-0.4, -0.2) is 45.1 Å². The van der Waals surface area contributed by atoms with Crippen LogP contribution >= 0.6 is 0 Å². The van der Waals surface area contributed by atoms with Crippen molar-refractivity contribution in [1.82, 2.24) is 9.62 Å². The number of hydrogen-bond acceptors (Lipinski definition) is 3. The first-order chi connectivity index (χ1) is 7.46. The third-order valence-corrected chi connectivity index (χ3v) is 4.23. The van der Waals surface area contributed by atoms with E-state index in [1.54, 1.807) is 4.90 Å². The molecule has 2 atom stereocenters. The molecule has 92 valence electrons. The summed E-state index contributed by atoms with van der Waals surface area (Å²) in [5.41, 5.74) is 0. The lowest BCUT2D eigenvalue weighted by molar-refractivity contribution is -0.129. The van der Waals surface area contributed by atoms with Crippen molar-refractivity contribution in [2.45, 2.75) is 19.3 Å². The van der Waals surface area contributed by atoms with E-state index < -0.39 is 10.0 Å². The minimum absolute atomic E-state index is 0.0974. The Morgan fingerprint density at radius 2 is 1.88 bits per heavy atom. The predicted octanol–water partition coefficient (Wildman–Crippen LogP) is -0.206. The summed E-state index contributed by atoms with van der Waals surface area (Å²) in [6.07, 6.45) is 4.78. The molecule has 2 unspecified atom stereocenters. The molecule has 1 heterocycles. The number of carbonyl (C=O) groups is 1. The van der Waals surface area contributed by atoms with Gasteiger partial charge in [-0.3, -0.25) is 4.79 Å². The Balaban J connectivity index is 1.83. The normalized spacial score (nSPS) is 29.4. The van der Waals surface area contributed by atoms with Crippen molar-refractivity contribution in [3.8, 4) is 0 Å². The zero-order chi connectivity index (χ0) is 11.8. The van der Waals surface area contributed by atoms with Crippen molar-refractivity contribution in [2.75, 3.05) is 25.9 Å². The van der Waals surface area contributed by atoms with E-state index in [-0.39, 0.29) is 12.5 Å². The van der Waals surface area contributed by atoms with Gasteiger partial charge in [-0.15, -0.1) is 0 Å². The van der Waals surface area contributed by atoms with Crippen LogP contribution in [0.2, 0.25) is 0 Å². The fourth-order valence-corrected chi connectivity index (χ4v) is 3.13. The Kier molecular flexibility index (Phi) is 3.21. The molecule has 2 fully saturated rings. The molecule has 2 rings (SSSR count). The van der Waals surface area contributed by atoms with E-state index in [4.69, 9.17) is 0 Å². The molecule has 0 aromatic carbocycles. The lowest BCUT2D eigenvalue weighted by Crippen LogP contribution is -2.39. The predicted molar refractivity (Wildman–Crippen MR) is 60.3 cm³/mol. The number of hydrogen-bond donors (Lipinski definition) is 1. The summed E-state index contributed by atoms with van der Waals surface area (Å²) in [5.74, 6) is 1.21. The van der Waals surface area contributed by atoms with Crippen LogP contribution in [-0.2, 0) is 14.8 Å². The highest BCUT2D eigenvalue weighted by Gasteiger charge is 2.37. The molecule has 1 saturated heterocycles. The number of sulfonamides is 1. The van der Waals surface area contributed by atoms with Crippen LogP contribution < -0.4 is 4.72 Å². The van der Waals surface area contributed by atoms with Crippen molar-refractivity contribution in [3.05, 3.63) is 0 Å². The quantitative estimate of drug-likeness (QED) is 0.749. The Hall–Kier alpha value is -0.620. The zero-order valence-electron chi connectivity index (χ0n) is 9.48. The summed E-state index contributed by atoms with van der Waals surface area (Å²) in [4.78, 5) is 13.5. The molecule has 1 aliphatic carbocycles. The van der Waals surface area contributed by atoms with Gasteiger partial charge in [0.2, 0.25) is 15.9 Å². The molecule has 0 radical (unpaired) electrons. The van der Waals surface area contributed by atoms with Gasteiger partial charge in [0.15, 0.2) is 0 Å². The first-order valence-electron chi connectivity index (χ1n) is 5.68. The highest BCUT2D eigenvalue weighted by atomic mass is 32.2. The molecule has 0 aromatic rings. The number of nitrogens with one attached hydrogen (secondary N) is 1. The summed E-state index contributed by atoms with van der Waals surface area (Å²) in [6.45, 7) is 1.53. The Labute approximate surface area is 96.2 Å². The van der Waals surface area contributed by atoms with Crippen LogP contribution in [0.3, 0.4) is 0 Å². The van der Waals surface area contributed by atoms with Gasteiger partial charge in [-0.05, 0) is 24.7 Å². The lowest BCUT2D eigenvalue weighted by atomic mass is 10.0. The maximum Gasteiger partial charge on any atom is 0.237 e. The van der Waals surface area contributed by atoms with Gasteiger partial charge in [0.25, 0.3) is 0 Å². The minimum atomic E-state index is -3.26. The lowest BCUT2D eigenvalue weighted by Gasteiger charge is -2.17. The van der Waals surface area contributed by atoms with Crippen molar-refractivity contribution < 1.29 is 13.2 Å². The van der Waals surface area contributed by atoms with E-state index in [1.807, 2.05) is 0 Å². The molecule has 1 saturated carbocycles. The van der Waals surface area contributed by atoms with Gasteiger partial charge >= 0.3 is 0 Å². The Morgan fingerprint density at radius 1 is 1.31 bits per heavy atom. The minimum Gasteiger partial charge on any atom is -0.341 e. The SMILES string of the molecule is CS(=O)(=O)NCC(=O)N1CC2CCCC2C1. The number of likely N-dealkylation sites (tertiary alicyclic amines) is 1. The van der Waals surface area contributed by atoms with Crippen LogP contribution in [0.25, 0.3) is 0 Å². The molecule has 5 nitrogen and oxygen atoms in total. The fourth-order valence-electron chi connectivity index (χ4n) is 2.74. The summed E-state index contributed by atoms with van der Waals surface area (Å²) in [5, 5.41) is 0. The molecular formula is C10H18N2O3S. The largest absolute Gasteiger partial charge is 0.341 e. The Morgan fingerprint density at radius 3 is 2.38 bits per heavy atom. The number of rotatable bonds is 3. The van der Waals surface area contributed by atoms with E-state index in [0.29, 0.717) is 11.8 Å². The van der Waals surface area contributed by atoms with Crippen molar-refractivity contribution in [1.29, 1.82) is 0 Å². The molecule has 0 bridgehead atoms. The molecule has 0 aromatic heterocycles. The van der Waals surface area contributed by atoms with E-state index in [2.05, 4.69) is 4.72 Å². The van der Waals surface area contributed by atoms with Gasteiger partial charge in [0, 0.05) is 13.1 Å². The van der Waals surface area contributed by atoms with E-state index in [9.17, 15) is 13.2 Å². The van der Waals surface area contributed by atoms with Gasteiger partial charge in [0.1, 0.15) is 0 Å². The summed E-state index contributed by atoms with van der Waals surface area (Å²) < 4.78 is 24.0. The third-order valence-electron chi connectivity index (χ3n) is 3.56. The first kappa shape index (κ1) is 11.9. The highest BCUT2D eigenvalue weighted by molar-refractivity contribution is 7.88. The van der Waals surface area contributed by atoms with Crippen LogP contribution in [0.1, 0.15) is 19.3 Å². The second-order valence-electron chi connectivity index (χ2n) is 4.84. The van der Waals surface area contributed by atoms with Gasteiger partial charge in [0.05, 0.1) is 12.8 Å². The highest BCUT2D eigenvalue weighted by Crippen LogP contribution is 2.37. The van der Waals surface area contributed by atoms with Gasteiger partial charge in [-0.1, -0.05) is 6.42 Å². The van der Waals surface area contributed by atoms with E-state index in [0.717, 1.165) is 19.3 Å². The molecule has 6 heteroatoms. The second-order valence-corrected chi connectivity index (χ2v) is 6.68. The van der Waals surface area contributed by atoms with Crippen molar-refractivity contribution >= 4 is 15.9 Å². The molecule has 1 aliphatic heterocycles. The molecule has 16 heavy (non-hydrogen) atoms. The molecule has 1 N–H and O–H groups in total. The van der Waals surface area contributed by atoms with Crippen LogP contribution in [0.5, 0.6) is 0 Å². The molecule has 1 amide bonds. The average molecular weight is 246 g/mol. The van der Waals surface area contributed by atoms with Crippen LogP contribution in [0, 0.1) is 11.8 Å². The Bertz CT molecular complexity index is 368. The van der Waals surface area contributed by atoms with Crippen molar-refractivity contribution in [2.24, 2.45) is 11.8 Å². The standard InChI is InChI=1S/C10H18N2O3S/c1-16(14,15)11-5-10(13)12-6-8-3-2-4-9(8)7-12/h8-9,11H,2-7H2,1H3. The third kappa shape index (κ3) is 2.74. The fraction of sp³-hybridized carbons (Fsp3) is 0.900. The summed E-state index contributed by atoms with van der Waals surface area (Å²) >= 11 is 0. The van der Waals surface area contributed by atoms with Crippen LogP contribution in [0.15, 0.2) is 0 Å². The smallest absolute Gasteiger partial charge is 0.237 e. The van der Waals surface area contributed by atoms with Crippen molar-refractivity contribution in [3.63, 3.8) is 0 Å². The van der Waals surface area contributed by atoms with E-state index >= 15 is 0 Å². The molecule has 0 spiro atoms. The average Bonchev–Trinajstić information content (AvgIpc) is 2.71. The van der Waals surface area contributed by atoms with Gasteiger partial charge in [-0.25, -0.2) is 13.1 Å². The summed E-state index contributed by atoms with van der Waals surface area (Å²) in [7, 11) is -3.26. The number of fused-ring (bicyclic) bond motifs is 1. The zero-order valence-corrected chi connectivity index (χ0v) is 10.3. The van der Waals surface area contributed by atoms with Gasteiger partial charge < -0.3 is 4.90 Å². The number of nitrogens with zero attached hydrogens (tertiary/aromatic N) is 1. The topological polar surface area (TPSA) is 66.5 Å². The molecular weight excluding hydrogens is 228 g/mol. The molecule has 2 aliphatic rings. The van der Waals surface area contributed by atoms with E-state index in [1.165, 1.54) is 19.3 Å². The number of amides is 1. The maximum absolute atomic E-state index is 11.7. The second kappa shape index (κ2) is 4.33. The summed E-state index contributed by atoms with van der Waals surface area (Å²) in [6, 6.07) is 0. The van der Waals surface area contributed by atoms with Gasteiger partial charge in [-0.2, -0.15) is 0 Å². The monoisotopic (exact) mass is 246 g/mol. The van der Waals surface area contributed by atoms with Crippen LogP contribution in [0.4, 0.5) is 0 Å². The first-order valence-corrected chi connectivity index (χ1v) is 7.57. The number of carbonyl (C=O) groups excluding carboxylic acids is 1.